The van der Waals surface area contributed by atoms with Crippen LogP contribution in [0.1, 0.15) is 23.1 Å². The molecule has 0 radical (unpaired) electrons. The van der Waals surface area contributed by atoms with E-state index in [1.807, 2.05) is 55.5 Å². The summed E-state index contributed by atoms with van der Waals surface area (Å²) in [5.41, 5.74) is 3.17. The summed E-state index contributed by atoms with van der Waals surface area (Å²) >= 11 is 0. The van der Waals surface area contributed by atoms with Crippen LogP contribution in [0.15, 0.2) is 54.7 Å². The number of carbonyl (C=O) groups is 2. The van der Waals surface area contributed by atoms with Crippen LogP contribution in [-0.4, -0.2) is 21.6 Å². The zero-order valence-electron chi connectivity index (χ0n) is 14.1. The van der Waals surface area contributed by atoms with Crippen molar-refractivity contribution in [1.82, 2.24) is 9.78 Å². The normalized spacial score (nSPS) is 20.5. The quantitative estimate of drug-likeness (QED) is 0.713. The van der Waals surface area contributed by atoms with Crippen LogP contribution in [0.5, 0.6) is 0 Å². The van der Waals surface area contributed by atoms with E-state index in [9.17, 15) is 9.59 Å². The molecule has 0 fully saturated rings. The summed E-state index contributed by atoms with van der Waals surface area (Å²) in [4.78, 5) is 25.6. The number of nitrogens with zero attached hydrogens (tertiary/aromatic N) is 2. The summed E-state index contributed by atoms with van der Waals surface area (Å²) in [6.07, 6.45) is 1.77. The lowest BCUT2D eigenvalue weighted by molar-refractivity contribution is -0.125. The summed E-state index contributed by atoms with van der Waals surface area (Å²) in [5.74, 6) is 0.182. The Hall–Kier alpha value is -3.41. The van der Waals surface area contributed by atoms with Crippen LogP contribution < -0.4 is 10.6 Å². The average Bonchev–Trinajstić information content (AvgIpc) is 3.16. The number of aryl methyl sites for hydroxylation is 1. The first-order chi connectivity index (χ1) is 12.6. The molecule has 26 heavy (non-hydrogen) atoms. The summed E-state index contributed by atoms with van der Waals surface area (Å²) in [5, 5.41) is 10.4. The summed E-state index contributed by atoms with van der Waals surface area (Å²) in [7, 11) is 0. The molecule has 2 aliphatic rings. The fraction of sp³-hybridized carbons (Fsp3) is 0.150. The number of rotatable bonds is 1. The number of aromatic nitrogens is 2. The Morgan fingerprint density at radius 2 is 1.77 bits per heavy atom. The molecule has 1 atom stereocenters. The van der Waals surface area contributed by atoms with Gasteiger partial charge in [-0.2, -0.15) is 5.10 Å². The smallest absolute Gasteiger partial charge is 0.240 e. The molecule has 3 heterocycles. The lowest BCUT2D eigenvalue weighted by Crippen LogP contribution is -2.43. The number of anilines is 2. The molecular formula is C20H16N4O2. The Morgan fingerprint density at radius 3 is 2.62 bits per heavy atom. The van der Waals surface area contributed by atoms with E-state index in [4.69, 9.17) is 0 Å². The van der Waals surface area contributed by atoms with E-state index in [1.165, 1.54) is 0 Å². The van der Waals surface area contributed by atoms with Gasteiger partial charge in [0.05, 0.1) is 11.9 Å². The SMILES string of the molecule is Cc1ccccc1-n1ncc2c1NC(=O)C[C@@]21C(=O)Nc2ccccc21. The predicted octanol–water partition coefficient (Wildman–Crippen LogP) is 2.76. The van der Waals surface area contributed by atoms with Crippen molar-refractivity contribution in [1.29, 1.82) is 0 Å². The van der Waals surface area contributed by atoms with Gasteiger partial charge in [-0.25, -0.2) is 4.68 Å². The highest BCUT2D eigenvalue weighted by molar-refractivity contribution is 6.14. The molecule has 0 aliphatic carbocycles. The molecule has 5 rings (SSSR count). The first-order valence-electron chi connectivity index (χ1n) is 8.46. The van der Waals surface area contributed by atoms with Crippen molar-refractivity contribution in [2.24, 2.45) is 0 Å². The van der Waals surface area contributed by atoms with Gasteiger partial charge in [0.1, 0.15) is 11.2 Å². The Morgan fingerprint density at radius 1 is 1.00 bits per heavy atom. The lowest BCUT2D eigenvalue weighted by atomic mass is 9.72. The van der Waals surface area contributed by atoms with E-state index in [0.29, 0.717) is 5.82 Å². The number of amides is 2. The largest absolute Gasteiger partial charge is 0.325 e. The zero-order chi connectivity index (χ0) is 17.9. The highest BCUT2D eigenvalue weighted by atomic mass is 16.2. The van der Waals surface area contributed by atoms with E-state index >= 15 is 0 Å². The molecule has 128 valence electrons. The molecule has 0 saturated heterocycles. The molecule has 1 spiro atoms. The standard InChI is InChI=1S/C20H16N4O2/c1-12-6-2-5-9-16(12)24-18-14(11-21-24)20(10-17(25)23-18)13-7-3-4-8-15(13)22-19(20)26/h2-9,11H,10H2,1H3,(H,22,26)(H,23,25)/t20-/m0/s1. The minimum absolute atomic E-state index is 0.0717. The number of hydrogen-bond acceptors (Lipinski definition) is 3. The van der Waals surface area contributed by atoms with Gasteiger partial charge < -0.3 is 10.6 Å². The van der Waals surface area contributed by atoms with Gasteiger partial charge in [0, 0.05) is 17.7 Å². The highest BCUT2D eigenvalue weighted by Crippen LogP contribution is 2.50. The number of hydrogen-bond donors (Lipinski definition) is 2. The molecule has 0 saturated carbocycles. The Bertz CT molecular complexity index is 1080. The Balaban J connectivity index is 1.79. The molecule has 0 bridgehead atoms. The molecule has 6 nitrogen and oxygen atoms in total. The van der Waals surface area contributed by atoms with Gasteiger partial charge in [-0.05, 0) is 30.2 Å². The van der Waals surface area contributed by atoms with Crippen molar-refractivity contribution in [2.45, 2.75) is 18.8 Å². The van der Waals surface area contributed by atoms with Gasteiger partial charge in [-0.15, -0.1) is 0 Å². The van der Waals surface area contributed by atoms with E-state index in [1.54, 1.807) is 10.9 Å². The van der Waals surface area contributed by atoms with Crippen LogP contribution in [0.2, 0.25) is 0 Å². The van der Waals surface area contributed by atoms with Gasteiger partial charge in [-0.1, -0.05) is 36.4 Å². The first kappa shape index (κ1) is 14.9. The maximum Gasteiger partial charge on any atom is 0.240 e. The molecule has 2 N–H and O–H groups in total. The van der Waals surface area contributed by atoms with Gasteiger partial charge in [0.2, 0.25) is 11.8 Å². The molecular weight excluding hydrogens is 328 g/mol. The Kier molecular flexibility index (Phi) is 2.89. The van der Waals surface area contributed by atoms with Crippen molar-refractivity contribution in [3.8, 4) is 5.69 Å². The van der Waals surface area contributed by atoms with Crippen LogP contribution in [0.25, 0.3) is 5.69 Å². The van der Waals surface area contributed by atoms with Crippen molar-refractivity contribution < 1.29 is 9.59 Å². The topological polar surface area (TPSA) is 76.0 Å². The van der Waals surface area contributed by atoms with Crippen LogP contribution in [-0.2, 0) is 15.0 Å². The summed E-state index contributed by atoms with van der Waals surface area (Å²) < 4.78 is 1.71. The van der Waals surface area contributed by atoms with Gasteiger partial charge >= 0.3 is 0 Å². The molecule has 2 amide bonds. The number of fused-ring (bicyclic) bond motifs is 4. The third kappa shape index (κ3) is 1.78. The summed E-state index contributed by atoms with van der Waals surface area (Å²) in [6.45, 7) is 1.99. The molecule has 0 unspecified atom stereocenters. The third-order valence-corrected chi connectivity index (χ3v) is 5.28. The van der Waals surface area contributed by atoms with Crippen molar-refractivity contribution in [2.75, 3.05) is 10.6 Å². The second-order valence-corrected chi connectivity index (χ2v) is 6.74. The van der Waals surface area contributed by atoms with E-state index in [0.717, 1.165) is 28.1 Å². The monoisotopic (exact) mass is 344 g/mol. The maximum absolute atomic E-state index is 13.0. The Labute approximate surface area is 149 Å². The minimum atomic E-state index is -1.03. The number of para-hydroxylation sites is 2. The number of benzene rings is 2. The molecule has 2 aliphatic heterocycles. The zero-order valence-corrected chi connectivity index (χ0v) is 14.1. The van der Waals surface area contributed by atoms with Crippen molar-refractivity contribution >= 4 is 23.3 Å². The van der Waals surface area contributed by atoms with Crippen LogP contribution in [0, 0.1) is 6.92 Å². The maximum atomic E-state index is 13.0. The minimum Gasteiger partial charge on any atom is -0.325 e. The second-order valence-electron chi connectivity index (χ2n) is 6.74. The number of carbonyl (C=O) groups excluding carboxylic acids is 2. The fourth-order valence-electron chi connectivity index (χ4n) is 4.04. The van der Waals surface area contributed by atoms with Gasteiger partial charge in [-0.3, -0.25) is 9.59 Å². The third-order valence-electron chi connectivity index (χ3n) is 5.28. The second kappa shape index (κ2) is 5.05. The van der Waals surface area contributed by atoms with Crippen LogP contribution in [0.4, 0.5) is 11.5 Å². The predicted molar refractivity (Wildman–Crippen MR) is 97.4 cm³/mol. The lowest BCUT2D eigenvalue weighted by Gasteiger charge is -2.31. The highest BCUT2D eigenvalue weighted by Gasteiger charge is 2.54. The van der Waals surface area contributed by atoms with Crippen LogP contribution in [0.3, 0.4) is 0 Å². The number of nitrogens with one attached hydrogen (secondary N) is 2. The van der Waals surface area contributed by atoms with Crippen molar-refractivity contribution in [3.63, 3.8) is 0 Å². The van der Waals surface area contributed by atoms with Crippen LogP contribution >= 0.6 is 0 Å². The molecule has 3 aromatic rings. The fourth-order valence-corrected chi connectivity index (χ4v) is 4.04. The van der Waals surface area contributed by atoms with E-state index in [2.05, 4.69) is 15.7 Å². The molecule has 1 aromatic heterocycles. The summed E-state index contributed by atoms with van der Waals surface area (Å²) in [6, 6.07) is 15.3. The molecule has 2 aromatic carbocycles. The molecule has 6 heteroatoms. The van der Waals surface area contributed by atoms with Gasteiger partial charge in [0.15, 0.2) is 0 Å². The van der Waals surface area contributed by atoms with Crippen molar-refractivity contribution in [3.05, 3.63) is 71.4 Å². The average molecular weight is 344 g/mol. The van der Waals surface area contributed by atoms with E-state index in [-0.39, 0.29) is 18.2 Å². The van der Waals surface area contributed by atoms with E-state index < -0.39 is 5.41 Å². The first-order valence-corrected chi connectivity index (χ1v) is 8.46. The van der Waals surface area contributed by atoms with Gasteiger partial charge in [0.25, 0.3) is 0 Å².